The van der Waals surface area contributed by atoms with E-state index in [-0.39, 0.29) is 0 Å². The minimum atomic E-state index is 0.873. The van der Waals surface area contributed by atoms with Gasteiger partial charge in [-0.2, -0.15) is 0 Å². The van der Waals surface area contributed by atoms with Gasteiger partial charge in [-0.1, -0.05) is 39.2 Å². The van der Waals surface area contributed by atoms with E-state index in [0.717, 1.165) is 5.92 Å². The van der Waals surface area contributed by atoms with Crippen LogP contribution in [0.25, 0.3) is 0 Å². The molecule has 0 saturated heterocycles. The van der Waals surface area contributed by atoms with E-state index in [0.29, 0.717) is 0 Å². The lowest BCUT2D eigenvalue weighted by atomic mass is 10.0. The highest BCUT2D eigenvalue weighted by Crippen LogP contribution is 2.09. The molecule has 0 saturated carbocycles. The fraction of sp³-hybridized carbons (Fsp3) is 0.818. The van der Waals surface area contributed by atoms with E-state index in [4.69, 9.17) is 0 Å². The smallest absolute Gasteiger partial charge is 0.00276 e. The minimum Gasteiger partial charge on any atom is -0.394 e. The Kier molecular flexibility index (Phi) is 8.30. The van der Waals surface area contributed by atoms with Gasteiger partial charge < -0.3 is 5.32 Å². The van der Waals surface area contributed by atoms with E-state index in [9.17, 15) is 0 Å². The lowest BCUT2D eigenvalue weighted by molar-refractivity contribution is 0.528. The molecule has 0 aliphatic carbocycles. The lowest BCUT2D eigenvalue weighted by Gasteiger charge is -2.02. The van der Waals surface area contributed by atoms with Gasteiger partial charge in [0.1, 0.15) is 0 Å². The van der Waals surface area contributed by atoms with Gasteiger partial charge in [-0.05, 0) is 25.0 Å². The first kappa shape index (κ1) is 11.5. The number of nitrogens with one attached hydrogen (secondary N) is 1. The second-order valence-corrected chi connectivity index (χ2v) is 3.72. The summed E-state index contributed by atoms with van der Waals surface area (Å²) >= 11 is 0. The summed E-state index contributed by atoms with van der Waals surface area (Å²) in [6.45, 7) is 4.59. The Morgan fingerprint density at radius 1 is 1.17 bits per heavy atom. The zero-order chi connectivity index (χ0) is 9.23. The first-order valence-electron chi connectivity index (χ1n) is 5.09. The third kappa shape index (κ3) is 9.54. The van der Waals surface area contributed by atoms with Crippen LogP contribution in [0.4, 0.5) is 0 Å². The van der Waals surface area contributed by atoms with Gasteiger partial charge >= 0.3 is 0 Å². The molecule has 0 rings (SSSR count). The first-order chi connectivity index (χ1) is 5.77. The summed E-state index contributed by atoms with van der Waals surface area (Å²) < 4.78 is 0. The van der Waals surface area contributed by atoms with Crippen LogP contribution < -0.4 is 5.32 Å². The Morgan fingerprint density at radius 3 is 2.50 bits per heavy atom. The van der Waals surface area contributed by atoms with Gasteiger partial charge in [0.15, 0.2) is 0 Å². The molecule has 0 spiro atoms. The lowest BCUT2D eigenvalue weighted by Crippen LogP contribution is -1.91. The van der Waals surface area contributed by atoms with Crippen molar-refractivity contribution in [3.63, 3.8) is 0 Å². The number of hydrogen-bond donors (Lipinski definition) is 1. The van der Waals surface area contributed by atoms with Gasteiger partial charge in [0.25, 0.3) is 0 Å². The third-order valence-electron chi connectivity index (χ3n) is 1.94. The predicted octanol–water partition coefficient (Wildman–Crippen LogP) is 3.33. The SMILES string of the molecule is CNC=CCCCCCC(C)C. The van der Waals surface area contributed by atoms with Crippen molar-refractivity contribution in [2.75, 3.05) is 7.05 Å². The fourth-order valence-electron chi connectivity index (χ4n) is 1.19. The van der Waals surface area contributed by atoms with Gasteiger partial charge in [-0.15, -0.1) is 0 Å². The number of unbranched alkanes of at least 4 members (excludes halogenated alkanes) is 3. The average molecular weight is 169 g/mol. The minimum absolute atomic E-state index is 0.873. The molecule has 0 radical (unpaired) electrons. The molecule has 0 aromatic rings. The van der Waals surface area contributed by atoms with Crippen LogP contribution in [0.15, 0.2) is 12.3 Å². The molecule has 0 heterocycles. The standard InChI is InChI=1S/C11H23N/c1-11(2)9-7-5-4-6-8-10-12-3/h8,10-12H,4-7,9H2,1-3H3. The van der Waals surface area contributed by atoms with Crippen molar-refractivity contribution in [3.8, 4) is 0 Å². The Labute approximate surface area is 77.2 Å². The predicted molar refractivity (Wildman–Crippen MR) is 56.1 cm³/mol. The summed E-state index contributed by atoms with van der Waals surface area (Å²) in [7, 11) is 1.94. The molecular weight excluding hydrogens is 146 g/mol. The molecular formula is C11H23N. The molecule has 1 N–H and O–H groups in total. The molecule has 1 heteroatoms. The third-order valence-corrected chi connectivity index (χ3v) is 1.94. The van der Waals surface area contributed by atoms with Crippen molar-refractivity contribution >= 4 is 0 Å². The largest absolute Gasteiger partial charge is 0.394 e. The Hall–Kier alpha value is -0.460. The van der Waals surface area contributed by atoms with E-state index in [1.165, 1.54) is 32.1 Å². The molecule has 0 aliphatic heterocycles. The number of hydrogen-bond acceptors (Lipinski definition) is 1. The molecule has 0 unspecified atom stereocenters. The van der Waals surface area contributed by atoms with Gasteiger partial charge in [0, 0.05) is 7.05 Å². The first-order valence-corrected chi connectivity index (χ1v) is 5.09. The second kappa shape index (κ2) is 8.63. The van der Waals surface area contributed by atoms with Crippen molar-refractivity contribution < 1.29 is 0 Å². The molecule has 72 valence electrons. The highest BCUT2D eigenvalue weighted by Gasteiger charge is 1.92. The summed E-state index contributed by atoms with van der Waals surface area (Å²) in [6, 6.07) is 0. The summed E-state index contributed by atoms with van der Waals surface area (Å²) in [5.74, 6) is 0.873. The average Bonchev–Trinajstić information content (AvgIpc) is 2.02. The highest BCUT2D eigenvalue weighted by molar-refractivity contribution is 4.77. The van der Waals surface area contributed by atoms with Crippen molar-refractivity contribution in [1.29, 1.82) is 0 Å². The summed E-state index contributed by atoms with van der Waals surface area (Å²) in [5.41, 5.74) is 0. The van der Waals surface area contributed by atoms with Crippen LogP contribution in [0.5, 0.6) is 0 Å². The molecule has 0 atom stereocenters. The van der Waals surface area contributed by atoms with E-state index in [2.05, 4.69) is 25.2 Å². The summed E-state index contributed by atoms with van der Waals surface area (Å²) in [4.78, 5) is 0. The van der Waals surface area contributed by atoms with Gasteiger partial charge in [-0.3, -0.25) is 0 Å². The van der Waals surface area contributed by atoms with Crippen molar-refractivity contribution in [2.24, 2.45) is 5.92 Å². The monoisotopic (exact) mass is 169 g/mol. The van der Waals surface area contributed by atoms with Crippen LogP contribution in [0.1, 0.15) is 46.0 Å². The van der Waals surface area contributed by atoms with E-state index in [1.807, 2.05) is 13.2 Å². The molecule has 0 fully saturated rings. The normalized spacial score (nSPS) is 11.3. The molecule has 0 amide bonds. The van der Waals surface area contributed by atoms with Crippen LogP contribution in [0.3, 0.4) is 0 Å². The quantitative estimate of drug-likeness (QED) is 0.576. The second-order valence-electron chi connectivity index (χ2n) is 3.72. The topological polar surface area (TPSA) is 12.0 Å². The summed E-state index contributed by atoms with van der Waals surface area (Å²) in [6.07, 6.45) is 10.9. The fourth-order valence-corrected chi connectivity index (χ4v) is 1.19. The van der Waals surface area contributed by atoms with Crippen molar-refractivity contribution in [3.05, 3.63) is 12.3 Å². The zero-order valence-corrected chi connectivity index (χ0v) is 8.77. The van der Waals surface area contributed by atoms with Crippen LogP contribution in [0.2, 0.25) is 0 Å². The van der Waals surface area contributed by atoms with Crippen LogP contribution in [-0.4, -0.2) is 7.05 Å². The van der Waals surface area contributed by atoms with Gasteiger partial charge in [0.05, 0.1) is 0 Å². The Balaban J connectivity index is 2.96. The van der Waals surface area contributed by atoms with Crippen LogP contribution in [0, 0.1) is 5.92 Å². The molecule has 12 heavy (non-hydrogen) atoms. The Morgan fingerprint density at radius 2 is 1.92 bits per heavy atom. The maximum atomic E-state index is 3.00. The van der Waals surface area contributed by atoms with Crippen molar-refractivity contribution in [1.82, 2.24) is 5.32 Å². The summed E-state index contributed by atoms with van der Waals surface area (Å²) in [5, 5.41) is 3.00. The number of rotatable bonds is 7. The molecule has 0 aliphatic rings. The highest BCUT2D eigenvalue weighted by atomic mass is 14.8. The van der Waals surface area contributed by atoms with E-state index < -0.39 is 0 Å². The van der Waals surface area contributed by atoms with Crippen molar-refractivity contribution in [2.45, 2.75) is 46.0 Å². The van der Waals surface area contributed by atoms with E-state index >= 15 is 0 Å². The molecule has 0 bridgehead atoms. The van der Waals surface area contributed by atoms with Gasteiger partial charge in [0.2, 0.25) is 0 Å². The molecule has 0 aromatic heterocycles. The van der Waals surface area contributed by atoms with Gasteiger partial charge in [-0.25, -0.2) is 0 Å². The zero-order valence-electron chi connectivity index (χ0n) is 8.77. The van der Waals surface area contributed by atoms with E-state index in [1.54, 1.807) is 0 Å². The van der Waals surface area contributed by atoms with Crippen LogP contribution in [-0.2, 0) is 0 Å². The molecule has 1 nitrogen and oxygen atoms in total. The number of allylic oxidation sites excluding steroid dienone is 1. The Bertz CT molecular complexity index is 106. The maximum Gasteiger partial charge on any atom is 0.00276 e. The molecule has 0 aromatic carbocycles. The van der Waals surface area contributed by atoms with Crippen LogP contribution >= 0.6 is 0 Å². The maximum absolute atomic E-state index is 3.00.